The van der Waals surface area contributed by atoms with Crippen LogP contribution in [0.4, 0.5) is 4.79 Å². The third-order valence-electron chi connectivity index (χ3n) is 3.60. The van der Waals surface area contributed by atoms with Gasteiger partial charge in [-0.2, -0.15) is 0 Å². The van der Waals surface area contributed by atoms with Crippen LogP contribution in [-0.4, -0.2) is 55.1 Å². The summed E-state index contributed by atoms with van der Waals surface area (Å²) >= 11 is 0. The Morgan fingerprint density at radius 3 is 2.22 bits per heavy atom. The summed E-state index contributed by atoms with van der Waals surface area (Å²) in [4.78, 5) is 16.0. The molecule has 0 aromatic rings. The third kappa shape index (κ3) is 5.02. The molecule has 0 unspecified atom stereocenters. The van der Waals surface area contributed by atoms with Gasteiger partial charge in [-0.3, -0.25) is 0 Å². The number of carbonyl (C=O) groups is 1. The molecule has 2 amide bonds. The summed E-state index contributed by atoms with van der Waals surface area (Å²) in [7, 11) is 0. The molecule has 1 fully saturated rings. The summed E-state index contributed by atoms with van der Waals surface area (Å²) in [5.74, 6) is 0.746. The second kappa shape index (κ2) is 9.45. The molecule has 0 saturated carbocycles. The second-order valence-electron chi connectivity index (χ2n) is 4.69. The third-order valence-corrected chi connectivity index (χ3v) is 3.60. The van der Waals surface area contributed by atoms with Gasteiger partial charge >= 0.3 is 6.03 Å². The standard InChI is InChI=1S/C13H27N3O.ClH/c1-4-14-11-12-7-9-16(10-8-12)13(17)15(5-2)6-3;/h12,14H,4-11H2,1-3H3;1H. The molecule has 1 saturated heterocycles. The minimum absolute atomic E-state index is 0. The smallest absolute Gasteiger partial charge is 0.319 e. The molecule has 0 radical (unpaired) electrons. The maximum absolute atomic E-state index is 12.1. The van der Waals surface area contributed by atoms with Crippen LogP contribution >= 0.6 is 12.4 Å². The normalized spacial score (nSPS) is 16.3. The van der Waals surface area contributed by atoms with Crippen LogP contribution in [0.2, 0.25) is 0 Å². The zero-order valence-corrected chi connectivity index (χ0v) is 12.8. The number of likely N-dealkylation sites (tertiary alicyclic amines) is 1. The molecule has 0 aliphatic carbocycles. The molecule has 0 aromatic carbocycles. The summed E-state index contributed by atoms with van der Waals surface area (Å²) in [5.41, 5.74) is 0. The van der Waals surface area contributed by atoms with E-state index in [0.717, 1.165) is 58.0 Å². The molecular formula is C13H28ClN3O. The number of urea groups is 1. The number of hydrogen-bond acceptors (Lipinski definition) is 2. The molecule has 1 aliphatic heterocycles. The first-order valence-electron chi connectivity index (χ1n) is 6.97. The van der Waals surface area contributed by atoms with Crippen molar-refractivity contribution in [2.75, 3.05) is 39.3 Å². The van der Waals surface area contributed by atoms with E-state index >= 15 is 0 Å². The van der Waals surface area contributed by atoms with Crippen LogP contribution in [0, 0.1) is 5.92 Å². The maximum atomic E-state index is 12.1. The minimum Gasteiger partial charge on any atom is -0.325 e. The topological polar surface area (TPSA) is 35.6 Å². The van der Waals surface area contributed by atoms with Gasteiger partial charge in [0, 0.05) is 26.2 Å². The van der Waals surface area contributed by atoms with E-state index < -0.39 is 0 Å². The molecule has 108 valence electrons. The molecular weight excluding hydrogens is 250 g/mol. The van der Waals surface area contributed by atoms with E-state index in [1.807, 2.05) is 23.6 Å². The summed E-state index contributed by atoms with van der Waals surface area (Å²) < 4.78 is 0. The lowest BCUT2D eigenvalue weighted by Gasteiger charge is -2.35. The Morgan fingerprint density at radius 1 is 1.22 bits per heavy atom. The van der Waals surface area contributed by atoms with Crippen molar-refractivity contribution < 1.29 is 4.79 Å². The van der Waals surface area contributed by atoms with E-state index in [1.54, 1.807) is 0 Å². The summed E-state index contributed by atoms with van der Waals surface area (Å²) in [6.45, 7) is 11.8. The van der Waals surface area contributed by atoms with Crippen molar-refractivity contribution >= 4 is 18.4 Å². The average Bonchev–Trinajstić information content (AvgIpc) is 2.38. The molecule has 0 bridgehead atoms. The van der Waals surface area contributed by atoms with Gasteiger partial charge in [0.2, 0.25) is 0 Å². The highest BCUT2D eigenvalue weighted by Gasteiger charge is 2.24. The van der Waals surface area contributed by atoms with Crippen LogP contribution in [-0.2, 0) is 0 Å². The Hall–Kier alpha value is -0.480. The van der Waals surface area contributed by atoms with E-state index in [9.17, 15) is 4.79 Å². The lowest BCUT2D eigenvalue weighted by atomic mass is 9.97. The predicted octanol–water partition coefficient (Wildman–Crippen LogP) is 2.19. The van der Waals surface area contributed by atoms with Crippen LogP contribution in [0.5, 0.6) is 0 Å². The zero-order valence-electron chi connectivity index (χ0n) is 11.9. The molecule has 1 N–H and O–H groups in total. The number of hydrogen-bond donors (Lipinski definition) is 1. The second-order valence-corrected chi connectivity index (χ2v) is 4.69. The molecule has 1 aliphatic rings. The number of nitrogens with zero attached hydrogens (tertiary/aromatic N) is 2. The molecule has 0 spiro atoms. The predicted molar refractivity (Wildman–Crippen MR) is 78.4 cm³/mol. The van der Waals surface area contributed by atoms with Crippen LogP contribution in [0.25, 0.3) is 0 Å². The number of halogens is 1. The molecule has 1 heterocycles. The van der Waals surface area contributed by atoms with Gasteiger partial charge in [0.1, 0.15) is 0 Å². The van der Waals surface area contributed by atoms with E-state index in [1.165, 1.54) is 0 Å². The van der Waals surface area contributed by atoms with Gasteiger partial charge in [0.15, 0.2) is 0 Å². The Kier molecular flexibility index (Phi) is 9.20. The van der Waals surface area contributed by atoms with E-state index in [2.05, 4.69) is 12.2 Å². The highest BCUT2D eigenvalue weighted by Crippen LogP contribution is 2.17. The largest absolute Gasteiger partial charge is 0.325 e. The van der Waals surface area contributed by atoms with Crippen LogP contribution in [0.1, 0.15) is 33.6 Å². The Balaban J connectivity index is 0.00000289. The number of rotatable bonds is 5. The Bertz CT molecular complexity index is 226. The fourth-order valence-corrected chi connectivity index (χ4v) is 2.37. The molecule has 0 aromatic heterocycles. The molecule has 18 heavy (non-hydrogen) atoms. The van der Waals surface area contributed by atoms with Gasteiger partial charge in [-0.15, -0.1) is 12.4 Å². The van der Waals surface area contributed by atoms with Crippen LogP contribution in [0.3, 0.4) is 0 Å². The Morgan fingerprint density at radius 2 is 1.78 bits per heavy atom. The van der Waals surface area contributed by atoms with Crippen molar-refractivity contribution in [3.63, 3.8) is 0 Å². The monoisotopic (exact) mass is 277 g/mol. The van der Waals surface area contributed by atoms with Gasteiger partial charge in [-0.25, -0.2) is 4.79 Å². The van der Waals surface area contributed by atoms with Crippen LogP contribution < -0.4 is 5.32 Å². The summed E-state index contributed by atoms with van der Waals surface area (Å²) in [6, 6.07) is 0.219. The van der Waals surface area contributed by atoms with Gasteiger partial charge in [0.25, 0.3) is 0 Å². The SMILES string of the molecule is CCNCC1CCN(C(=O)N(CC)CC)CC1.Cl. The van der Waals surface area contributed by atoms with Gasteiger partial charge in [-0.1, -0.05) is 6.92 Å². The van der Waals surface area contributed by atoms with Crippen molar-refractivity contribution in [3.8, 4) is 0 Å². The first kappa shape index (κ1) is 17.5. The quantitative estimate of drug-likeness (QED) is 0.836. The summed E-state index contributed by atoms with van der Waals surface area (Å²) in [5, 5.41) is 3.39. The minimum atomic E-state index is 0. The van der Waals surface area contributed by atoms with Crippen molar-refractivity contribution in [1.82, 2.24) is 15.1 Å². The average molecular weight is 278 g/mol. The van der Waals surface area contributed by atoms with Crippen molar-refractivity contribution in [2.24, 2.45) is 5.92 Å². The van der Waals surface area contributed by atoms with Crippen molar-refractivity contribution in [1.29, 1.82) is 0 Å². The van der Waals surface area contributed by atoms with Gasteiger partial charge in [-0.05, 0) is 45.7 Å². The highest BCUT2D eigenvalue weighted by molar-refractivity contribution is 5.85. The number of carbonyl (C=O) groups excluding carboxylic acids is 1. The highest BCUT2D eigenvalue weighted by atomic mass is 35.5. The van der Waals surface area contributed by atoms with Crippen LogP contribution in [0.15, 0.2) is 0 Å². The van der Waals surface area contributed by atoms with Crippen molar-refractivity contribution in [3.05, 3.63) is 0 Å². The number of nitrogens with one attached hydrogen (secondary N) is 1. The lowest BCUT2D eigenvalue weighted by Crippen LogP contribution is -2.47. The van der Waals surface area contributed by atoms with E-state index in [4.69, 9.17) is 0 Å². The lowest BCUT2D eigenvalue weighted by molar-refractivity contribution is 0.136. The van der Waals surface area contributed by atoms with E-state index in [0.29, 0.717) is 0 Å². The maximum Gasteiger partial charge on any atom is 0.319 e. The van der Waals surface area contributed by atoms with Crippen molar-refractivity contribution in [2.45, 2.75) is 33.6 Å². The molecule has 1 rings (SSSR count). The molecule has 4 nitrogen and oxygen atoms in total. The first-order chi connectivity index (χ1) is 8.22. The van der Waals surface area contributed by atoms with Gasteiger partial charge in [0.05, 0.1) is 0 Å². The first-order valence-corrected chi connectivity index (χ1v) is 6.97. The number of amides is 2. The fraction of sp³-hybridized carbons (Fsp3) is 0.923. The fourth-order valence-electron chi connectivity index (χ4n) is 2.37. The molecule has 0 atom stereocenters. The molecule has 5 heteroatoms. The van der Waals surface area contributed by atoms with E-state index in [-0.39, 0.29) is 18.4 Å². The zero-order chi connectivity index (χ0) is 12.7. The van der Waals surface area contributed by atoms with Gasteiger partial charge < -0.3 is 15.1 Å². The Labute approximate surface area is 117 Å². The number of piperidine rings is 1. The summed E-state index contributed by atoms with van der Waals surface area (Å²) in [6.07, 6.45) is 2.28.